The molecule has 1 fully saturated rings. The third-order valence-corrected chi connectivity index (χ3v) is 3.16. The number of benzene rings is 1. The molecular weight excluding hydrogens is 230 g/mol. The topological polar surface area (TPSA) is 46.6 Å². The van der Waals surface area contributed by atoms with Crippen molar-refractivity contribution in [3.8, 4) is 0 Å². The highest BCUT2D eigenvalue weighted by atomic mass is 16.6. The highest BCUT2D eigenvalue weighted by Gasteiger charge is 2.27. The summed E-state index contributed by atoms with van der Waals surface area (Å²) >= 11 is 0. The predicted molar refractivity (Wildman–Crippen MR) is 68.6 cm³/mol. The van der Waals surface area contributed by atoms with E-state index in [0.29, 0.717) is 12.8 Å². The Bertz CT molecular complexity index is 430. The molecule has 2 rings (SSSR count). The molecule has 18 heavy (non-hydrogen) atoms. The zero-order chi connectivity index (χ0) is 13.0. The summed E-state index contributed by atoms with van der Waals surface area (Å²) in [5.74, 6) is 0.0380. The lowest BCUT2D eigenvalue weighted by molar-refractivity contribution is -0.129. The average Bonchev–Trinajstić information content (AvgIpc) is 2.41. The van der Waals surface area contributed by atoms with E-state index in [2.05, 4.69) is 0 Å². The number of ketones is 1. The zero-order valence-corrected chi connectivity index (χ0v) is 10.5. The van der Waals surface area contributed by atoms with Gasteiger partial charge in [-0.1, -0.05) is 18.2 Å². The molecule has 4 heteroatoms. The Kier molecular flexibility index (Phi) is 3.97. The Morgan fingerprint density at radius 1 is 1.28 bits per heavy atom. The first-order valence-corrected chi connectivity index (χ1v) is 6.20. The molecule has 1 aliphatic rings. The molecule has 1 aromatic carbocycles. The standard InChI is InChI=1S/C14H17NO3/c1-15(11-7-3-2-4-8-11)14(17)18-13-10-6-5-9-12(13)16/h2-4,7-8,13H,5-6,9-10H2,1H3. The number of hydrogen-bond acceptors (Lipinski definition) is 3. The molecule has 1 aromatic rings. The first-order chi connectivity index (χ1) is 8.68. The summed E-state index contributed by atoms with van der Waals surface area (Å²) in [7, 11) is 1.64. The molecule has 0 heterocycles. The molecule has 1 amide bonds. The molecule has 1 saturated carbocycles. The van der Waals surface area contributed by atoms with Crippen LogP contribution in [0.25, 0.3) is 0 Å². The Labute approximate surface area is 107 Å². The van der Waals surface area contributed by atoms with Gasteiger partial charge in [0.1, 0.15) is 0 Å². The van der Waals surface area contributed by atoms with Crippen LogP contribution < -0.4 is 4.90 Å². The van der Waals surface area contributed by atoms with Gasteiger partial charge in [-0.25, -0.2) is 4.79 Å². The van der Waals surface area contributed by atoms with Gasteiger partial charge in [-0.2, -0.15) is 0 Å². The Balaban J connectivity index is 1.97. The van der Waals surface area contributed by atoms with Crippen LogP contribution in [0.4, 0.5) is 10.5 Å². The molecule has 1 aliphatic carbocycles. The second kappa shape index (κ2) is 5.67. The van der Waals surface area contributed by atoms with Crippen LogP contribution >= 0.6 is 0 Å². The number of carbonyl (C=O) groups excluding carboxylic acids is 2. The average molecular weight is 247 g/mol. The summed E-state index contributed by atoms with van der Waals surface area (Å²) in [6.45, 7) is 0. The second-order valence-corrected chi connectivity index (χ2v) is 4.48. The summed E-state index contributed by atoms with van der Waals surface area (Å²) in [4.78, 5) is 24.9. The summed E-state index contributed by atoms with van der Waals surface area (Å²) in [6, 6.07) is 9.23. The summed E-state index contributed by atoms with van der Waals surface area (Å²) in [6.07, 6.45) is 1.99. The number of para-hydroxylation sites is 1. The molecule has 0 aromatic heterocycles. The summed E-state index contributed by atoms with van der Waals surface area (Å²) in [5, 5.41) is 0. The Morgan fingerprint density at radius 3 is 2.67 bits per heavy atom. The van der Waals surface area contributed by atoms with Crippen LogP contribution in [0.5, 0.6) is 0 Å². The number of rotatable bonds is 2. The van der Waals surface area contributed by atoms with E-state index in [-0.39, 0.29) is 5.78 Å². The summed E-state index contributed by atoms with van der Waals surface area (Å²) < 4.78 is 5.26. The number of ether oxygens (including phenoxy) is 1. The van der Waals surface area contributed by atoms with Gasteiger partial charge in [0.2, 0.25) is 0 Å². The maximum atomic E-state index is 11.9. The largest absolute Gasteiger partial charge is 0.438 e. The maximum absolute atomic E-state index is 11.9. The van der Waals surface area contributed by atoms with Crippen molar-refractivity contribution in [1.82, 2.24) is 0 Å². The monoisotopic (exact) mass is 247 g/mol. The van der Waals surface area contributed by atoms with Crippen LogP contribution in [0.2, 0.25) is 0 Å². The van der Waals surface area contributed by atoms with Crippen LogP contribution in [0.15, 0.2) is 30.3 Å². The lowest BCUT2D eigenvalue weighted by Crippen LogP contribution is -2.36. The molecule has 0 saturated heterocycles. The van der Waals surface area contributed by atoms with Crippen LogP contribution in [0.3, 0.4) is 0 Å². The first kappa shape index (κ1) is 12.6. The molecule has 4 nitrogen and oxygen atoms in total. The fourth-order valence-corrected chi connectivity index (χ4v) is 2.03. The van der Waals surface area contributed by atoms with Gasteiger partial charge in [0, 0.05) is 19.2 Å². The predicted octanol–water partition coefficient (Wildman–Crippen LogP) is 2.77. The number of nitrogens with zero attached hydrogens (tertiary/aromatic N) is 1. The van der Waals surface area contributed by atoms with Gasteiger partial charge in [0.15, 0.2) is 11.9 Å². The van der Waals surface area contributed by atoms with Gasteiger partial charge in [-0.05, 0) is 31.4 Å². The van der Waals surface area contributed by atoms with Crippen molar-refractivity contribution in [3.05, 3.63) is 30.3 Å². The number of amides is 1. The van der Waals surface area contributed by atoms with E-state index in [1.165, 1.54) is 4.90 Å². The van der Waals surface area contributed by atoms with Crippen molar-refractivity contribution < 1.29 is 14.3 Å². The van der Waals surface area contributed by atoms with E-state index in [1.807, 2.05) is 30.3 Å². The Morgan fingerprint density at radius 2 is 2.00 bits per heavy atom. The van der Waals surface area contributed by atoms with Crippen molar-refractivity contribution in [2.24, 2.45) is 0 Å². The third kappa shape index (κ3) is 2.88. The molecule has 1 atom stereocenters. The SMILES string of the molecule is CN(C(=O)OC1CCCCC1=O)c1ccccc1. The van der Waals surface area contributed by atoms with Gasteiger partial charge in [0.05, 0.1) is 0 Å². The molecule has 0 N–H and O–H groups in total. The zero-order valence-electron chi connectivity index (χ0n) is 10.5. The molecule has 0 radical (unpaired) electrons. The minimum Gasteiger partial charge on any atom is -0.438 e. The third-order valence-electron chi connectivity index (χ3n) is 3.16. The van der Waals surface area contributed by atoms with Crippen molar-refractivity contribution in [1.29, 1.82) is 0 Å². The number of Topliss-reactive ketones (excluding diaryl/α,β-unsaturated/α-hetero) is 1. The lowest BCUT2D eigenvalue weighted by atomic mass is 9.96. The minimum absolute atomic E-state index is 0.0380. The van der Waals surface area contributed by atoms with Crippen LogP contribution in [-0.2, 0) is 9.53 Å². The van der Waals surface area contributed by atoms with Gasteiger partial charge in [-0.3, -0.25) is 9.69 Å². The van der Waals surface area contributed by atoms with Crippen LogP contribution in [-0.4, -0.2) is 25.0 Å². The summed E-state index contributed by atoms with van der Waals surface area (Å²) in [5.41, 5.74) is 0.755. The number of anilines is 1. The fraction of sp³-hybridized carbons (Fsp3) is 0.429. The molecular formula is C14H17NO3. The molecule has 0 aliphatic heterocycles. The normalized spacial score (nSPS) is 19.4. The van der Waals surface area contributed by atoms with Crippen molar-refractivity contribution in [2.75, 3.05) is 11.9 Å². The first-order valence-electron chi connectivity index (χ1n) is 6.20. The van der Waals surface area contributed by atoms with Crippen molar-refractivity contribution in [2.45, 2.75) is 31.8 Å². The van der Waals surface area contributed by atoms with E-state index in [1.54, 1.807) is 7.05 Å². The fourth-order valence-electron chi connectivity index (χ4n) is 2.03. The molecule has 0 bridgehead atoms. The highest BCUT2D eigenvalue weighted by Crippen LogP contribution is 2.19. The van der Waals surface area contributed by atoms with Gasteiger partial charge >= 0.3 is 6.09 Å². The Hall–Kier alpha value is -1.84. The second-order valence-electron chi connectivity index (χ2n) is 4.48. The van der Waals surface area contributed by atoms with Crippen LogP contribution in [0.1, 0.15) is 25.7 Å². The van der Waals surface area contributed by atoms with Gasteiger partial charge < -0.3 is 4.74 Å². The van der Waals surface area contributed by atoms with Crippen molar-refractivity contribution >= 4 is 17.6 Å². The minimum atomic E-state index is -0.558. The molecule has 96 valence electrons. The van der Waals surface area contributed by atoms with Crippen LogP contribution in [0, 0.1) is 0 Å². The maximum Gasteiger partial charge on any atom is 0.414 e. The van der Waals surface area contributed by atoms with E-state index in [4.69, 9.17) is 4.74 Å². The highest BCUT2D eigenvalue weighted by molar-refractivity contribution is 5.91. The molecule has 1 unspecified atom stereocenters. The molecule has 0 spiro atoms. The van der Waals surface area contributed by atoms with E-state index in [0.717, 1.165) is 18.5 Å². The number of carbonyl (C=O) groups is 2. The van der Waals surface area contributed by atoms with E-state index >= 15 is 0 Å². The van der Waals surface area contributed by atoms with E-state index in [9.17, 15) is 9.59 Å². The lowest BCUT2D eigenvalue weighted by Gasteiger charge is -2.24. The number of hydrogen-bond donors (Lipinski definition) is 0. The van der Waals surface area contributed by atoms with Crippen molar-refractivity contribution in [3.63, 3.8) is 0 Å². The van der Waals surface area contributed by atoms with Gasteiger partial charge in [-0.15, -0.1) is 0 Å². The van der Waals surface area contributed by atoms with Gasteiger partial charge in [0.25, 0.3) is 0 Å². The quantitative estimate of drug-likeness (QED) is 0.807. The smallest absolute Gasteiger partial charge is 0.414 e. The van der Waals surface area contributed by atoms with E-state index < -0.39 is 12.2 Å².